The van der Waals surface area contributed by atoms with Gasteiger partial charge in [-0.2, -0.15) is 0 Å². The van der Waals surface area contributed by atoms with Crippen LogP contribution in [0.2, 0.25) is 0 Å². The minimum atomic E-state index is 0. The average Bonchev–Trinajstić information content (AvgIpc) is 2.06. The SMILES string of the molecule is CC(C)c1ncc(CCN)cn1.Cl. The fourth-order valence-corrected chi connectivity index (χ4v) is 0.959. The molecule has 1 heterocycles. The molecule has 0 amide bonds. The summed E-state index contributed by atoms with van der Waals surface area (Å²) < 4.78 is 0. The Morgan fingerprint density at radius 3 is 2.23 bits per heavy atom. The first-order valence-electron chi connectivity index (χ1n) is 4.25. The lowest BCUT2D eigenvalue weighted by Crippen LogP contribution is -2.05. The highest BCUT2D eigenvalue weighted by molar-refractivity contribution is 5.85. The largest absolute Gasteiger partial charge is 0.330 e. The maximum atomic E-state index is 5.40. The van der Waals surface area contributed by atoms with E-state index < -0.39 is 0 Å². The number of nitrogens with two attached hydrogens (primary N) is 1. The van der Waals surface area contributed by atoms with Crippen molar-refractivity contribution in [2.45, 2.75) is 26.2 Å². The number of hydrogen-bond acceptors (Lipinski definition) is 3. The highest BCUT2D eigenvalue weighted by atomic mass is 35.5. The number of rotatable bonds is 3. The van der Waals surface area contributed by atoms with Crippen LogP contribution in [0.15, 0.2) is 12.4 Å². The Balaban J connectivity index is 0.00000144. The van der Waals surface area contributed by atoms with Gasteiger partial charge in [-0.25, -0.2) is 9.97 Å². The molecular formula is C9H16ClN3. The molecule has 0 aliphatic heterocycles. The maximum Gasteiger partial charge on any atom is 0.130 e. The van der Waals surface area contributed by atoms with Crippen LogP contribution in [0.1, 0.15) is 31.2 Å². The Kier molecular flexibility index (Phi) is 5.58. The van der Waals surface area contributed by atoms with Gasteiger partial charge in [0.05, 0.1) is 0 Å². The molecule has 1 aromatic rings. The standard InChI is InChI=1S/C9H15N3.ClH/c1-7(2)9-11-5-8(3-4-10)6-12-9;/h5-7H,3-4,10H2,1-2H3;1H. The minimum Gasteiger partial charge on any atom is -0.330 e. The first-order chi connectivity index (χ1) is 5.74. The molecular weight excluding hydrogens is 186 g/mol. The lowest BCUT2D eigenvalue weighted by molar-refractivity contribution is 0.765. The van der Waals surface area contributed by atoms with Crippen LogP contribution in [0.25, 0.3) is 0 Å². The second-order valence-electron chi connectivity index (χ2n) is 3.14. The molecule has 0 aromatic carbocycles. The van der Waals surface area contributed by atoms with Crippen molar-refractivity contribution in [3.05, 3.63) is 23.8 Å². The van der Waals surface area contributed by atoms with Crippen LogP contribution >= 0.6 is 12.4 Å². The van der Waals surface area contributed by atoms with Crippen LogP contribution in [-0.2, 0) is 6.42 Å². The zero-order valence-electron chi connectivity index (χ0n) is 8.03. The van der Waals surface area contributed by atoms with E-state index in [0.29, 0.717) is 12.5 Å². The van der Waals surface area contributed by atoms with Gasteiger partial charge in [0, 0.05) is 18.3 Å². The number of hydrogen-bond donors (Lipinski definition) is 1. The van der Waals surface area contributed by atoms with E-state index in [9.17, 15) is 0 Å². The zero-order valence-corrected chi connectivity index (χ0v) is 8.84. The van der Waals surface area contributed by atoms with E-state index in [-0.39, 0.29) is 12.4 Å². The first kappa shape index (κ1) is 12.3. The Hall–Kier alpha value is -0.670. The number of nitrogens with zero attached hydrogens (tertiary/aromatic N) is 2. The predicted octanol–water partition coefficient (Wildman–Crippen LogP) is 1.52. The molecule has 0 bridgehead atoms. The van der Waals surface area contributed by atoms with Crippen LogP contribution in [-0.4, -0.2) is 16.5 Å². The zero-order chi connectivity index (χ0) is 8.97. The quantitative estimate of drug-likeness (QED) is 0.807. The van der Waals surface area contributed by atoms with Crippen molar-refractivity contribution in [3.8, 4) is 0 Å². The lowest BCUT2D eigenvalue weighted by Gasteiger charge is -2.03. The highest BCUT2D eigenvalue weighted by Crippen LogP contribution is 2.07. The fourth-order valence-electron chi connectivity index (χ4n) is 0.959. The molecule has 1 aromatic heterocycles. The molecule has 74 valence electrons. The molecule has 3 nitrogen and oxygen atoms in total. The van der Waals surface area contributed by atoms with Gasteiger partial charge in [0.1, 0.15) is 5.82 Å². The van der Waals surface area contributed by atoms with Gasteiger partial charge in [-0.05, 0) is 18.5 Å². The molecule has 0 aliphatic carbocycles. The molecule has 0 saturated carbocycles. The van der Waals surface area contributed by atoms with Gasteiger partial charge in [-0.1, -0.05) is 13.8 Å². The van der Waals surface area contributed by atoms with Crippen LogP contribution in [0.4, 0.5) is 0 Å². The van der Waals surface area contributed by atoms with E-state index in [0.717, 1.165) is 17.8 Å². The average molecular weight is 202 g/mol. The van der Waals surface area contributed by atoms with Crippen molar-refractivity contribution < 1.29 is 0 Å². The second kappa shape index (κ2) is 5.89. The normalized spacial score (nSPS) is 9.85. The van der Waals surface area contributed by atoms with Crippen LogP contribution in [0.3, 0.4) is 0 Å². The summed E-state index contributed by atoms with van der Waals surface area (Å²) in [7, 11) is 0. The van der Waals surface area contributed by atoms with E-state index in [1.165, 1.54) is 0 Å². The van der Waals surface area contributed by atoms with Crippen LogP contribution in [0, 0.1) is 0 Å². The van der Waals surface area contributed by atoms with Crippen molar-refractivity contribution in [2.75, 3.05) is 6.54 Å². The summed E-state index contributed by atoms with van der Waals surface area (Å²) >= 11 is 0. The summed E-state index contributed by atoms with van der Waals surface area (Å²) in [6, 6.07) is 0. The summed E-state index contributed by atoms with van der Waals surface area (Å²) in [5.74, 6) is 1.30. The van der Waals surface area contributed by atoms with Gasteiger partial charge < -0.3 is 5.73 Å². The van der Waals surface area contributed by atoms with Crippen molar-refractivity contribution >= 4 is 12.4 Å². The summed E-state index contributed by atoms with van der Waals surface area (Å²) in [4.78, 5) is 8.46. The fraction of sp³-hybridized carbons (Fsp3) is 0.556. The summed E-state index contributed by atoms with van der Waals surface area (Å²) in [6.07, 6.45) is 4.57. The molecule has 4 heteroatoms. The van der Waals surface area contributed by atoms with Crippen LogP contribution in [0.5, 0.6) is 0 Å². The van der Waals surface area contributed by atoms with E-state index in [1.807, 2.05) is 12.4 Å². The van der Waals surface area contributed by atoms with E-state index in [1.54, 1.807) is 0 Å². The molecule has 0 unspecified atom stereocenters. The molecule has 2 N–H and O–H groups in total. The number of halogens is 1. The van der Waals surface area contributed by atoms with Gasteiger partial charge in [-0.3, -0.25) is 0 Å². The van der Waals surface area contributed by atoms with Gasteiger partial charge in [0.15, 0.2) is 0 Å². The molecule has 1 rings (SSSR count). The van der Waals surface area contributed by atoms with Gasteiger partial charge in [0.25, 0.3) is 0 Å². The maximum absolute atomic E-state index is 5.40. The first-order valence-corrected chi connectivity index (χ1v) is 4.25. The van der Waals surface area contributed by atoms with Crippen molar-refractivity contribution in [1.82, 2.24) is 9.97 Å². The van der Waals surface area contributed by atoms with E-state index in [2.05, 4.69) is 23.8 Å². The smallest absolute Gasteiger partial charge is 0.130 e. The van der Waals surface area contributed by atoms with Gasteiger partial charge in [-0.15, -0.1) is 12.4 Å². The Morgan fingerprint density at radius 1 is 1.31 bits per heavy atom. The molecule has 0 fully saturated rings. The number of aromatic nitrogens is 2. The Labute approximate surface area is 85.2 Å². The third-order valence-electron chi connectivity index (χ3n) is 1.67. The van der Waals surface area contributed by atoms with Crippen LogP contribution < -0.4 is 5.73 Å². The summed E-state index contributed by atoms with van der Waals surface area (Å²) in [6.45, 7) is 4.82. The van der Waals surface area contributed by atoms with Crippen molar-refractivity contribution in [1.29, 1.82) is 0 Å². The third-order valence-corrected chi connectivity index (χ3v) is 1.67. The summed E-state index contributed by atoms with van der Waals surface area (Å²) in [5.41, 5.74) is 6.52. The van der Waals surface area contributed by atoms with Gasteiger partial charge in [0.2, 0.25) is 0 Å². The highest BCUT2D eigenvalue weighted by Gasteiger charge is 2.01. The van der Waals surface area contributed by atoms with Crippen molar-refractivity contribution in [3.63, 3.8) is 0 Å². The predicted molar refractivity (Wildman–Crippen MR) is 56.1 cm³/mol. The third kappa shape index (κ3) is 3.70. The van der Waals surface area contributed by atoms with E-state index >= 15 is 0 Å². The monoisotopic (exact) mass is 201 g/mol. The Morgan fingerprint density at radius 2 is 1.85 bits per heavy atom. The molecule has 0 spiro atoms. The molecule has 0 atom stereocenters. The van der Waals surface area contributed by atoms with Gasteiger partial charge >= 0.3 is 0 Å². The molecule has 0 radical (unpaired) electrons. The van der Waals surface area contributed by atoms with Crippen molar-refractivity contribution in [2.24, 2.45) is 5.73 Å². The molecule has 0 aliphatic rings. The molecule has 13 heavy (non-hydrogen) atoms. The Bertz CT molecular complexity index is 233. The second-order valence-corrected chi connectivity index (χ2v) is 3.14. The minimum absolute atomic E-state index is 0. The lowest BCUT2D eigenvalue weighted by atomic mass is 10.2. The van der Waals surface area contributed by atoms with E-state index in [4.69, 9.17) is 5.73 Å². The summed E-state index contributed by atoms with van der Waals surface area (Å²) in [5, 5.41) is 0. The topological polar surface area (TPSA) is 51.8 Å². The molecule has 0 saturated heterocycles.